The molecule has 0 saturated heterocycles. The van der Waals surface area contributed by atoms with E-state index in [-0.39, 0.29) is 18.2 Å². The van der Waals surface area contributed by atoms with Gasteiger partial charge in [0.15, 0.2) is 17.3 Å². The second-order valence-corrected chi connectivity index (χ2v) is 8.76. The van der Waals surface area contributed by atoms with Crippen LogP contribution in [0.1, 0.15) is 34.2 Å². The number of furan rings is 1. The second kappa shape index (κ2) is 11.7. The molecule has 0 aliphatic rings. The highest BCUT2D eigenvalue weighted by Gasteiger charge is 2.14. The van der Waals surface area contributed by atoms with Crippen LogP contribution in [-0.4, -0.2) is 18.7 Å². The molecular formula is C28H24BrFN2O4. The SMILES string of the molecule is C=CCc1cc(/C=N/NC(=O)c2cc3cc(Br)ccc3o2)cc(OCC)c1OCc1ccc(F)cc1. The predicted molar refractivity (Wildman–Crippen MR) is 141 cm³/mol. The van der Waals surface area contributed by atoms with Crippen molar-refractivity contribution < 1.29 is 23.1 Å². The summed E-state index contributed by atoms with van der Waals surface area (Å²) in [6.45, 7) is 6.39. The van der Waals surface area contributed by atoms with Gasteiger partial charge in [-0.15, -0.1) is 6.58 Å². The average Bonchev–Trinajstić information content (AvgIpc) is 3.28. The Hall–Kier alpha value is -3.91. The number of amides is 1. The van der Waals surface area contributed by atoms with Crippen LogP contribution in [0.3, 0.4) is 0 Å². The monoisotopic (exact) mass is 550 g/mol. The minimum absolute atomic E-state index is 0.159. The van der Waals surface area contributed by atoms with E-state index in [0.29, 0.717) is 35.7 Å². The van der Waals surface area contributed by atoms with Gasteiger partial charge in [-0.25, -0.2) is 9.82 Å². The van der Waals surface area contributed by atoms with Crippen molar-refractivity contribution in [1.82, 2.24) is 5.43 Å². The third-order valence-corrected chi connectivity index (χ3v) is 5.69. The molecule has 0 radical (unpaired) electrons. The van der Waals surface area contributed by atoms with Crippen LogP contribution in [0.2, 0.25) is 0 Å². The summed E-state index contributed by atoms with van der Waals surface area (Å²) in [5.41, 5.74) is 5.48. The molecule has 0 bridgehead atoms. The lowest BCUT2D eigenvalue weighted by Gasteiger charge is -2.17. The molecule has 0 aliphatic carbocycles. The third-order valence-electron chi connectivity index (χ3n) is 5.20. The molecule has 184 valence electrons. The average molecular weight is 551 g/mol. The van der Waals surface area contributed by atoms with Crippen molar-refractivity contribution >= 4 is 39.0 Å². The zero-order valence-electron chi connectivity index (χ0n) is 19.6. The van der Waals surface area contributed by atoms with Crippen molar-refractivity contribution in [3.8, 4) is 11.5 Å². The van der Waals surface area contributed by atoms with Crippen LogP contribution in [-0.2, 0) is 13.0 Å². The van der Waals surface area contributed by atoms with Gasteiger partial charge in [0.2, 0.25) is 0 Å². The van der Waals surface area contributed by atoms with E-state index in [2.05, 4.69) is 33.0 Å². The minimum atomic E-state index is -0.464. The number of fused-ring (bicyclic) bond motifs is 1. The van der Waals surface area contributed by atoms with Crippen LogP contribution in [0.4, 0.5) is 4.39 Å². The first-order valence-corrected chi connectivity index (χ1v) is 12.1. The fraction of sp³-hybridized carbons (Fsp3) is 0.143. The predicted octanol–water partition coefficient (Wildman–Crippen LogP) is 6.80. The Kier molecular flexibility index (Phi) is 8.17. The lowest BCUT2D eigenvalue weighted by atomic mass is 10.1. The standard InChI is InChI=1S/C28H24BrFN2O4/c1-3-5-20-12-19(13-25(34-4-2)27(20)35-17-18-6-9-23(30)10-7-18)16-31-32-28(33)26-15-21-14-22(29)8-11-24(21)36-26/h3,6-16H,1,4-5,17H2,2H3,(H,32,33)/b31-16+. The van der Waals surface area contributed by atoms with Crippen molar-refractivity contribution in [3.05, 3.63) is 106 Å². The van der Waals surface area contributed by atoms with Crippen LogP contribution in [0.15, 0.2) is 87.3 Å². The number of benzene rings is 3. The second-order valence-electron chi connectivity index (χ2n) is 7.84. The van der Waals surface area contributed by atoms with Crippen molar-refractivity contribution in [2.24, 2.45) is 5.10 Å². The van der Waals surface area contributed by atoms with Crippen molar-refractivity contribution in [1.29, 1.82) is 0 Å². The lowest BCUT2D eigenvalue weighted by molar-refractivity contribution is 0.0929. The maximum Gasteiger partial charge on any atom is 0.307 e. The van der Waals surface area contributed by atoms with Crippen LogP contribution >= 0.6 is 15.9 Å². The number of hydrazone groups is 1. The summed E-state index contributed by atoms with van der Waals surface area (Å²) in [6, 6.07) is 17.0. The van der Waals surface area contributed by atoms with E-state index in [9.17, 15) is 9.18 Å². The Labute approximate surface area is 216 Å². The van der Waals surface area contributed by atoms with Gasteiger partial charge in [-0.05, 0) is 73.0 Å². The molecule has 0 aliphatic heterocycles. The molecule has 0 fully saturated rings. The molecule has 0 atom stereocenters. The number of hydrogen-bond acceptors (Lipinski definition) is 5. The highest BCUT2D eigenvalue weighted by Crippen LogP contribution is 2.34. The van der Waals surface area contributed by atoms with E-state index >= 15 is 0 Å². The van der Waals surface area contributed by atoms with E-state index in [1.165, 1.54) is 18.3 Å². The zero-order valence-corrected chi connectivity index (χ0v) is 21.2. The van der Waals surface area contributed by atoms with Gasteiger partial charge in [0.1, 0.15) is 18.0 Å². The molecule has 6 nitrogen and oxygen atoms in total. The number of nitrogens with one attached hydrogen (secondary N) is 1. The van der Waals surface area contributed by atoms with E-state index < -0.39 is 5.91 Å². The summed E-state index contributed by atoms with van der Waals surface area (Å²) in [6.07, 6.45) is 3.82. The van der Waals surface area contributed by atoms with Crippen molar-refractivity contribution in [3.63, 3.8) is 0 Å². The molecule has 0 saturated carbocycles. The fourth-order valence-electron chi connectivity index (χ4n) is 3.57. The van der Waals surface area contributed by atoms with Gasteiger partial charge in [0.05, 0.1) is 12.8 Å². The van der Waals surface area contributed by atoms with Gasteiger partial charge >= 0.3 is 5.91 Å². The number of nitrogens with zero attached hydrogens (tertiary/aromatic N) is 1. The summed E-state index contributed by atoms with van der Waals surface area (Å²) in [7, 11) is 0. The number of carbonyl (C=O) groups is 1. The van der Waals surface area contributed by atoms with Gasteiger partial charge in [0.25, 0.3) is 0 Å². The molecule has 8 heteroatoms. The van der Waals surface area contributed by atoms with Gasteiger partial charge in [-0.2, -0.15) is 5.10 Å². The molecule has 4 aromatic rings. The summed E-state index contributed by atoms with van der Waals surface area (Å²) >= 11 is 3.40. The van der Waals surface area contributed by atoms with Crippen molar-refractivity contribution in [2.45, 2.75) is 20.0 Å². The number of rotatable bonds is 10. The number of halogens is 2. The molecule has 1 heterocycles. The van der Waals surface area contributed by atoms with Gasteiger partial charge in [0, 0.05) is 15.4 Å². The zero-order chi connectivity index (χ0) is 25.5. The Bertz CT molecular complexity index is 1410. The topological polar surface area (TPSA) is 73.1 Å². The van der Waals surface area contributed by atoms with Gasteiger partial charge < -0.3 is 13.9 Å². The van der Waals surface area contributed by atoms with Gasteiger partial charge in [-0.1, -0.05) is 34.1 Å². The minimum Gasteiger partial charge on any atom is -0.490 e. The molecule has 3 aromatic carbocycles. The lowest BCUT2D eigenvalue weighted by Crippen LogP contribution is -2.16. The van der Waals surface area contributed by atoms with E-state index in [1.54, 1.807) is 36.4 Å². The smallest absolute Gasteiger partial charge is 0.307 e. The molecule has 4 rings (SSSR count). The Morgan fingerprint density at radius 3 is 2.69 bits per heavy atom. The molecule has 36 heavy (non-hydrogen) atoms. The molecule has 0 unspecified atom stereocenters. The number of hydrogen-bond donors (Lipinski definition) is 1. The Morgan fingerprint density at radius 1 is 1.14 bits per heavy atom. The first-order chi connectivity index (χ1) is 17.5. The molecule has 1 aromatic heterocycles. The summed E-state index contributed by atoms with van der Waals surface area (Å²) in [4.78, 5) is 12.5. The molecule has 0 spiro atoms. The maximum absolute atomic E-state index is 13.2. The first kappa shape index (κ1) is 25.2. The van der Waals surface area contributed by atoms with Crippen LogP contribution in [0, 0.1) is 5.82 Å². The molecular weight excluding hydrogens is 527 g/mol. The van der Waals surface area contributed by atoms with E-state index in [1.807, 2.05) is 25.1 Å². The van der Waals surface area contributed by atoms with Crippen LogP contribution < -0.4 is 14.9 Å². The fourth-order valence-corrected chi connectivity index (χ4v) is 3.95. The highest BCUT2D eigenvalue weighted by atomic mass is 79.9. The number of ether oxygens (including phenoxy) is 2. The number of allylic oxidation sites excluding steroid dienone is 1. The quantitative estimate of drug-likeness (QED) is 0.134. The first-order valence-electron chi connectivity index (χ1n) is 11.3. The Balaban J connectivity index is 1.52. The maximum atomic E-state index is 13.2. The van der Waals surface area contributed by atoms with Crippen LogP contribution in [0.25, 0.3) is 11.0 Å². The van der Waals surface area contributed by atoms with Crippen LogP contribution in [0.5, 0.6) is 11.5 Å². The largest absolute Gasteiger partial charge is 0.490 e. The van der Waals surface area contributed by atoms with Gasteiger partial charge in [-0.3, -0.25) is 4.79 Å². The van der Waals surface area contributed by atoms with E-state index in [0.717, 1.165) is 21.0 Å². The number of carbonyl (C=O) groups excluding carboxylic acids is 1. The Morgan fingerprint density at radius 2 is 1.94 bits per heavy atom. The normalized spacial score (nSPS) is 11.1. The van der Waals surface area contributed by atoms with E-state index in [4.69, 9.17) is 13.9 Å². The highest BCUT2D eigenvalue weighted by molar-refractivity contribution is 9.10. The molecule has 1 N–H and O–H groups in total. The summed E-state index contributed by atoms with van der Waals surface area (Å²) in [5, 5.41) is 4.90. The molecule has 1 amide bonds. The summed E-state index contributed by atoms with van der Waals surface area (Å²) in [5.74, 6) is 0.511. The summed E-state index contributed by atoms with van der Waals surface area (Å²) < 4.78 is 31.6. The third kappa shape index (κ3) is 6.20. The van der Waals surface area contributed by atoms with Crippen molar-refractivity contribution in [2.75, 3.05) is 6.61 Å².